The Balaban J connectivity index is 3.64. The summed E-state index contributed by atoms with van der Waals surface area (Å²) >= 11 is 0. The summed E-state index contributed by atoms with van der Waals surface area (Å²) in [6.07, 6.45) is 0. The van der Waals surface area contributed by atoms with Crippen LogP contribution in [-0.4, -0.2) is 36.4 Å². The van der Waals surface area contributed by atoms with E-state index in [4.69, 9.17) is 0 Å². The number of sulfonamides is 1. The molecule has 0 unspecified atom stereocenters. The van der Waals surface area contributed by atoms with Gasteiger partial charge in [0.1, 0.15) is 5.54 Å². The van der Waals surface area contributed by atoms with E-state index in [0.29, 0.717) is 11.1 Å². The fraction of sp³-hybridized carbons (Fsp3) is 0.533. The molecule has 118 valence electrons. The van der Waals surface area contributed by atoms with Crippen molar-refractivity contribution in [1.29, 1.82) is 0 Å². The Labute approximate surface area is 126 Å². The molecule has 1 aromatic carbocycles. The van der Waals surface area contributed by atoms with Crippen molar-refractivity contribution in [3.63, 3.8) is 0 Å². The average Bonchev–Trinajstić information content (AvgIpc) is 2.35. The largest absolute Gasteiger partial charge is 0.480 e. The number of carboxylic acids is 1. The predicted octanol–water partition coefficient (Wildman–Crippen LogP) is 2.40. The molecule has 0 aliphatic rings. The molecule has 0 atom stereocenters. The van der Waals surface area contributed by atoms with E-state index in [1.165, 1.54) is 20.9 Å². The molecule has 0 heterocycles. The molecule has 0 amide bonds. The summed E-state index contributed by atoms with van der Waals surface area (Å²) in [5.74, 6) is -1.19. The molecule has 0 aromatic heterocycles. The zero-order valence-electron chi connectivity index (χ0n) is 13.6. The van der Waals surface area contributed by atoms with E-state index in [1.54, 1.807) is 13.8 Å². The summed E-state index contributed by atoms with van der Waals surface area (Å²) in [5.41, 5.74) is 1.55. The third-order valence-corrected chi connectivity index (χ3v) is 6.53. The van der Waals surface area contributed by atoms with Crippen molar-refractivity contribution in [3.05, 3.63) is 28.3 Å². The summed E-state index contributed by atoms with van der Waals surface area (Å²) in [6.45, 7) is 9.94. The molecule has 1 N–H and O–H groups in total. The van der Waals surface area contributed by atoms with Crippen molar-refractivity contribution >= 4 is 16.0 Å². The Morgan fingerprint density at radius 3 is 1.81 bits per heavy atom. The number of rotatable bonds is 4. The molecular formula is C15H23NO4S. The first kappa shape index (κ1) is 17.7. The maximum Gasteiger partial charge on any atom is 0.324 e. The van der Waals surface area contributed by atoms with Crippen molar-refractivity contribution in [3.8, 4) is 0 Å². The van der Waals surface area contributed by atoms with Gasteiger partial charge < -0.3 is 5.11 Å². The lowest BCUT2D eigenvalue weighted by molar-refractivity contribution is -0.145. The second-order valence-electron chi connectivity index (χ2n) is 5.93. The van der Waals surface area contributed by atoms with Crippen molar-refractivity contribution in [1.82, 2.24) is 4.31 Å². The zero-order valence-corrected chi connectivity index (χ0v) is 14.4. The van der Waals surface area contributed by atoms with Crippen LogP contribution in [0.5, 0.6) is 0 Å². The molecule has 0 aliphatic carbocycles. The van der Waals surface area contributed by atoms with Gasteiger partial charge in [0.05, 0.1) is 4.90 Å². The van der Waals surface area contributed by atoms with Gasteiger partial charge in [0.2, 0.25) is 10.0 Å². The molecule has 6 heteroatoms. The number of carbonyl (C=O) groups is 1. The lowest BCUT2D eigenvalue weighted by Crippen LogP contribution is -2.50. The Kier molecular flexibility index (Phi) is 4.56. The number of aliphatic carboxylic acids is 1. The summed E-state index contributed by atoms with van der Waals surface area (Å²) in [6, 6.07) is 1.94. The third-order valence-electron chi connectivity index (χ3n) is 4.23. The number of nitrogens with zero attached hydrogens (tertiary/aromatic N) is 1. The van der Waals surface area contributed by atoms with Crippen molar-refractivity contribution in [2.75, 3.05) is 7.05 Å². The normalized spacial score (nSPS) is 12.8. The quantitative estimate of drug-likeness (QED) is 0.926. The molecule has 1 aromatic rings. The van der Waals surface area contributed by atoms with E-state index >= 15 is 0 Å². The maximum atomic E-state index is 12.9. The van der Waals surface area contributed by atoms with Crippen molar-refractivity contribution in [2.45, 2.75) is 52.0 Å². The SMILES string of the molecule is Cc1cc(C)c(C)c(S(=O)(=O)N(C)C(C)(C)C(=O)O)c1C. The fourth-order valence-electron chi connectivity index (χ4n) is 2.14. The fourth-order valence-corrected chi connectivity index (χ4v) is 4.19. The summed E-state index contributed by atoms with van der Waals surface area (Å²) in [4.78, 5) is 11.5. The van der Waals surface area contributed by atoms with E-state index in [2.05, 4.69) is 0 Å². The standard InChI is InChI=1S/C15H23NO4S/c1-9-8-10(2)12(4)13(11(9)3)21(19,20)16(7)15(5,6)14(17)18/h8H,1-7H3,(H,17,18). The van der Waals surface area contributed by atoms with Crippen molar-refractivity contribution < 1.29 is 18.3 Å². The van der Waals surface area contributed by atoms with Crippen LogP contribution in [0.2, 0.25) is 0 Å². The molecule has 0 saturated heterocycles. The number of hydrogen-bond acceptors (Lipinski definition) is 3. The van der Waals surface area contributed by atoms with Crippen LogP contribution in [0.3, 0.4) is 0 Å². The van der Waals surface area contributed by atoms with Crippen LogP contribution < -0.4 is 0 Å². The van der Waals surface area contributed by atoms with E-state index < -0.39 is 21.5 Å². The molecule has 5 nitrogen and oxygen atoms in total. The van der Waals surface area contributed by atoms with Crippen LogP contribution in [0.25, 0.3) is 0 Å². The first-order valence-corrected chi connectivity index (χ1v) is 8.09. The van der Waals surface area contributed by atoms with Gasteiger partial charge in [0.15, 0.2) is 0 Å². The topological polar surface area (TPSA) is 74.7 Å². The van der Waals surface area contributed by atoms with Gasteiger partial charge in [-0.25, -0.2) is 8.42 Å². The first-order valence-electron chi connectivity index (χ1n) is 6.65. The second kappa shape index (κ2) is 5.42. The van der Waals surface area contributed by atoms with E-state index in [0.717, 1.165) is 15.4 Å². The van der Waals surface area contributed by atoms with Gasteiger partial charge in [-0.05, 0) is 63.8 Å². The van der Waals surface area contributed by atoms with Gasteiger partial charge in [0, 0.05) is 7.05 Å². The Morgan fingerprint density at radius 2 is 1.48 bits per heavy atom. The minimum Gasteiger partial charge on any atom is -0.480 e. The maximum absolute atomic E-state index is 12.9. The van der Waals surface area contributed by atoms with Gasteiger partial charge in [-0.15, -0.1) is 0 Å². The lowest BCUT2D eigenvalue weighted by atomic mass is 10.0. The molecule has 21 heavy (non-hydrogen) atoms. The average molecular weight is 313 g/mol. The number of likely N-dealkylation sites (N-methyl/N-ethyl adjacent to an activating group) is 1. The molecule has 0 saturated carbocycles. The molecule has 1 rings (SSSR count). The summed E-state index contributed by atoms with van der Waals surface area (Å²) < 4.78 is 26.7. The molecule has 0 radical (unpaired) electrons. The Hall–Kier alpha value is -1.40. The number of aryl methyl sites for hydroxylation is 2. The van der Waals surface area contributed by atoms with Crippen LogP contribution in [-0.2, 0) is 14.8 Å². The Morgan fingerprint density at radius 1 is 1.10 bits per heavy atom. The number of hydrogen-bond donors (Lipinski definition) is 1. The molecule has 0 spiro atoms. The van der Waals surface area contributed by atoms with Crippen LogP contribution in [0.15, 0.2) is 11.0 Å². The van der Waals surface area contributed by atoms with Gasteiger partial charge in [0.25, 0.3) is 0 Å². The second-order valence-corrected chi connectivity index (χ2v) is 7.83. The highest BCUT2D eigenvalue weighted by Crippen LogP contribution is 2.31. The van der Waals surface area contributed by atoms with E-state index in [1.807, 2.05) is 19.9 Å². The predicted molar refractivity (Wildman–Crippen MR) is 82.1 cm³/mol. The van der Waals surface area contributed by atoms with Gasteiger partial charge >= 0.3 is 5.97 Å². The summed E-state index contributed by atoms with van der Waals surface area (Å²) in [7, 11) is -2.59. The van der Waals surface area contributed by atoms with Gasteiger partial charge in [-0.2, -0.15) is 4.31 Å². The van der Waals surface area contributed by atoms with Crippen LogP contribution in [0.4, 0.5) is 0 Å². The highest BCUT2D eigenvalue weighted by molar-refractivity contribution is 7.89. The van der Waals surface area contributed by atoms with Crippen LogP contribution >= 0.6 is 0 Å². The van der Waals surface area contributed by atoms with Crippen molar-refractivity contribution in [2.24, 2.45) is 0 Å². The summed E-state index contributed by atoms with van der Waals surface area (Å²) in [5, 5.41) is 9.26. The Bertz CT molecular complexity index is 664. The minimum atomic E-state index is -3.90. The van der Waals surface area contributed by atoms with Crippen LogP contribution in [0, 0.1) is 27.7 Å². The lowest BCUT2D eigenvalue weighted by Gasteiger charge is -2.32. The number of carboxylic acid groups (broad SMARTS) is 1. The van der Waals surface area contributed by atoms with Gasteiger partial charge in [-0.3, -0.25) is 4.79 Å². The first-order chi connectivity index (χ1) is 9.35. The molecule has 0 fully saturated rings. The smallest absolute Gasteiger partial charge is 0.324 e. The molecular weight excluding hydrogens is 290 g/mol. The minimum absolute atomic E-state index is 0.205. The molecule has 0 aliphatic heterocycles. The zero-order chi connectivity index (χ0) is 16.7. The van der Waals surface area contributed by atoms with Gasteiger partial charge in [-0.1, -0.05) is 6.07 Å². The van der Waals surface area contributed by atoms with Crippen LogP contribution in [0.1, 0.15) is 36.1 Å². The third kappa shape index (κ3) is 2.82. The molecule has 0 bridgehead atoms. The van der Waals surface area contributed by atoms with E-state index in [9.17, 15) is 18.3 Å². The monoisotopic (exact) mass is 313 g/mol. The number of benzene rings is 1. The van der Waals surface area contributed by atoms with E-state index in [-0.39, 0.29) is 4.90 Å². The highest BCUT2D eigenvalue weighted by Gasteiger charge is 2.41. The highest BCUT2D eigenvalue weighted by atomic mass is 32.2.